The van der Waals surface area contributed by atoms with Crippen LogP contribution < -0.4 is 5.56 Å². The molecule has 148 valence electrons. The molecule has 0 radical (unpaired) electrons. The van der Waals surface area contributed by atoms with Gasteiger partial charge < -0.3 is 4.98 Å². The van der Waals surface area contributed by atoms with Crippen molar-refractivity contribution < 1.29 is 0 Å². The minimum atomic E-state index is -0.265. The summed E-state index contributed by atoms with van der Waals surface area (Å²) in [6, 6.07) is 24.5. The third-order valence-electron chi connectivity index (χ3n) is 5.24. The number of nitrogens with one attached hydrogen (secondary N) is 1. The fourth-order valence-corrected chi connectivity index (χ4v) is 3.94. The van der Waals surface area contributed by atoms with Gasteiger partial charge in [0.2, 0.25) is 0 Å². The highest BCUT2D eigenvalue weighted by Gasteiger charge is 2.21. The lowest BCUT2D eigenvalue weighted by molar-refractivity contribution is 1.08. The number of aromatic amines is 1. The summed E-state index contributed by atoms with van der Waals surface area (Å²) in [4.78, 5) is 30.6. The van der Waals surface area contributed by atoms with Crippen LogP contribution in [0.2, 0.25) is 5.02 Å². The number of hydrogen-bond acceptors (Lipinski definition) is 4. The first-order valence-corrected chi connectivity index (χ1v) is 10.1. The minimum absolute atomic E-state index is 0.265. The Morgan fingerprint density at radius 3 is 2.16 bits per heavy atom. The molecular formula is C24H14ClN5O. The molecule has 0 aliphatic rings. The van der Waals surface area contributed by atoms with Gasteiger partial charge in [0.25, 0.3) is 5.56 Å². The number of aromatic nitrogens is 5. The minimum Gasteiger partial charge on any atom is -0.306 e. The molecule has 1 N–H and O–H groups in total. The molecule has 6 nitrogen and oxygen atoms in total. The van der Waals surface area contributed by atoms with Crippen LogP contribution in [0, 0.1) is 0 Å². The van der Waals surface area contributed by atoms with Gasteiger partial charge in [0, 0.05) is 16.3 Å². The highest BCUT2D eigenvalue weighted by atomic mass is 35.5. The van der Waals surface area contributed by atoms with Gasteiger partial charge in [-0.3, -0.25) is 9.36 Å². The van der Waals surface area contributed by atoms with E-state index in [1.54, 1.807) is 12.1 Å². The van der Waals surface area contributed by atoms with Gasteiger partial charge in [0.15, 0.2) is 11.3 Å². The molecule has 0 aliphatic carbocycles. The molecule has 0 amide bonds. The molecule has 3 heterocycles. The summed E-state index contributed by atoms with van der Waals surface area (Å²) in [5.41, 5.74) is 4.45. The summed E-state index contributed by atoms with van der Waals surface area (Å²) in [6.07, 6.45) is 0. The Bertz CT molecular complexity index is 1650. The Balaban J connectivity index is 1.78. The van der Waals surface area contributed by atoms with Crippen molar-refractivity contribution in [1.82, 2.24) is 24.5 Å². The normalized spacial score (nSPS) is 11.5. The van der Waals surface area contributed by atoms with Gasteiger partial charge in [-0.05, 0) is 48.5 Å². The van der Waals surface area contributed by atoms with Crippen molar-refractivity contribution in [3.05, 3.63) is 94.2 Å². The maximum absolute atomic E-state index is 13.2. The van der Waals surface area contributed by atoms with E-state index in [0.29, 0.717) is 33.0 Å². The fraction of sp³-hybridized carbons (Fsp3) is 0. The van der Waals surface area contributed by atoms with E-state index in [2.05, 4.69) is 4.98 Å². The van der Waals surface area contributed by atoms with Gasteiger partial charge >= 0.3 is 0 Å². The molecule has 0 fully saturated rings. The largest absolute Gasteiger partial charge is 0.306 e. The molecule has 7 heteroatoms. The van der Waals surface area contributed by atoms with Crippen LogP contribution >= 0.6 is 11.6 Å². The van der Waals surface area contributed by atoms with Crippen LogP contribution in [0.25, 0.3) is 50.3 Å². The smallest absolute Gasteiger partial charge is 0.262 e. The van der Waals surface area contributed by atoms with Crippen molar-refractivity contribution in [1.29, 1.82) is 0 Å². The zero-order valence-corrected chi connectivity index (χ0v) is 16.8. The second-order valence-electron chi connectivity index (χ2n) is 7.18. The monoisotopic (exact) mass is 423 g/mol. The molecule has 3 aromatic carbocycles. The van der Waals surface area contributed by atoms with Crippen molar-refractivity contribution in [2.24, 2.45) is 0 Å². The van der Waals surface area contributed by atoms with Crippen LogP contribution in [0.5, 0.6) is 0 Å². The van der Waals surface area contributed by atoms with Crippen molar-refractivity contribution >= 4 is 44.8 Å². The second-order valence-corrected chi connectivity index (χ2v) is 7.61. The lowest BCUT2D eigenvalue weighted by atomic mass is 10.2. The van der Waals surface area contributed by atoms with E-state index in [4.69, 9.17) is 26.6 Å². The molecule has 0 saturated carbocycles. The Morgan fingerprint density at radius 2 is 1.42 bits per heavy atom. The topological polar surface area (TPSA) is 76.5 Å². The molecule has 6 aromatic rings. The Kier molecular flexibility index (Phi) is 3.88. The van der Waals surface area contributed by atoms with E-state index in [-0.39, 0.29) is 5.56 Å². The number of benzene rings is 3. The predicted octanol–water partition coefficient (Wildman–Crippen LogP) is 5.13. The molecule has 0 aliphatic heterocycles. The van der Waals surface area contributed by atoms with Crippen molar-refractivity contribution in [2.45, 2.75) is 0 Å². The zero-order chi connectivity index (χ0) is 20.9. The number of para-hydroxylation sites is 3. The van der Waals surface area contributed by atoms with Gasteiger partial charge in [-0.25, -0.2) is 15.0 Å². The fourth-order valence-electron chi connectivity index (χ4n) is 3.82. The SMILES string of the molecule is O=c1[nH]c(-c2ccc(Cl)cc2)nc2c1c1nc3ccccc3nc1n2-c1ccccc1. The maximum atomic E-state index is 13.2. The molecule has 0 spiro atoms. The van der Waals surface area contributed by atoms with Crippen LogP contribution in [0.15, 0.2) is 83.7 Å². The Hall–Kier alpha value is -4.03. The van der Waals surface area contributed by atoms with Crippen LogP contribution in [-0.2, 0) is 0 Å². The van der Waals surface area contributed by atoms with Gasteiger partial charge in [0.05, 0.1) is 11.0 Å². The summed E-state index contributed by atoms with van der Waals surface area (Å²) in [5.74, 6) is 0.457. The number of nitrogens with zero attached hydrogens (tertiary/aromatic N) is 4. The quantitative estimate of drug-likeness (QED) is 0.419. The molecule has 31 heavy (non-hydrogen) atoms. The van der Waals surface area contributed by atoms with Crippen LogP contribution in [0.4, 0.5) is 0 Å². The molecule has 0 atom stereocenters. The summed E-state index contributed by atoms with van der Waals surface area (Å²) >= 11 is 6.02. The molecule has 0 bridgehead atoms. The van der Waals surface area contributed by atoms with Crippen molar-refractivity contribution in [3.63, 3.8) is 0 Å². The first-order valence-electron chi connectivity index (χ1n) is 9.71. The highest BCUT2D eigenvalue weighted by molar-refractivity contribution is 6.30. The van der Waals surface area contributed by atoms with Crippen LogP contribution in [0.3, 0.4) is 0 Å². The van der Waals surface area contributed by atoms with E-state index in [9.17, 15) is 4.79 Å². The van der Waals surface area contributed by atoms with Gasteiger partial charge in [-0.2, -0.15) is 0 Å². The van der Waals surface area contributed by atoms with Crippen molar-refractivity contribution in [3.8, 4) is 17.1 Å². The third kappa shape index (κ3) is 2.80. The number of fused-ring (bicyclic) bond motifs is 4. The summed E-state index contributed by atoms with van der Waals surface area (Å²) in [5, 5.41) is 1.03. The second kappa shape index (κ2) is 6.75. The number of H-pyrrole nitrogens is 1. The molecule has 3 aromatic heterocycles. The van der Waals surface area contributed by atoms with Crippen LogP contribution in [-0.4, -0.2) is 24.5 Å². The number of rotatable bonds is 2. The van der Waals surface area contributed by atoms with E-state index in [1.807, 2.05) is 71.3 Å². The van der Waals surface area contributed by atoms with Gasteiger partial charge in [-0.1, -0.05) is 41.9 Å². The zero-order valence-electron chi connectivity index (χ0n) is 16.1. The van der Waals surface area contributed by atoms with Gasteiger partial charge in [-0.15, -0.1) is 0 Å². The average molecular weight is 424 g/mol. The average Bonchev–Trinajstić information content (AvgIpc) is 3.12. The van der Waals surface area contributed by atoms with Crippen molar-refractivity contribution in [2.75, 3.05) is 0 Å². The van der Waals surface area contributed by atoms with E-state index in [0.717, 1.165) is 22.3 Å². The predicted molar refractivity (Wildman–Crippen MR) is 123 cm³/mol. The molecule has 6 rings (SSSR count). The number of halogens is 1. The molecule has 0 saturated heterocycles. The van der Waals surface area contributed by atoms with E-state index in [1.165, 1.54) is 0 Å². The number of hydrogen-bond donors (Lipinski definition) is 1. The standard InChI is InChI=1S/C24H14ClN5O/c25-15-12-10-14(11-13-15)21-28-22-19(24(31)29-21)20-23(30(22)16-6-2-1-3-7-16)27-18-9-5-4-8-17(18)26-20/h1-13H,(H,28,29,31). The summed E-state index contributed by atoms with van der Waals surface area (Å²) in [7, 11) is 0. The Morgan fingerprint density at radius 1 is 0.742 bits per heavy atom. The summed E-state index contributed by atoms with van der Waals surface area (Å²) < 4.78 is 1.89. The first kappa shape index (κ1) is 17.8. The van der Waals surface area contributed by atoms with Crippen LogP contribution in [0.1, 0.15) is 0 Å². The van der Waals surface area contributed by atoms with E-state index >= 15 is 0 Å². The lowest BCUT2D eigenvalue weighted by Crippen LogP contribution is -2.10. The molecular weight excluding hydrogens is 410 g/mol. The maximum Gasteiger partial charge on any atom is 0.262 e. The van der Waals surface area contributed by atoms with Gasteiger partial charge in [0.1, 0.15) is 16.7 Å². The first-order chi connectivity index (χ1) is 15.2. The lowest BCUT2D eigenvalue weighted by Gasteiger charge is -2.07. The Labute approximate surface area is 180 Å². The van der Waals surface area contributed by atoms with E-state index < -0.39 is 0 Å². The summed E-state index contributed by atoms with van der Waals surface area (Å²) in [6.45, 7) is 0. The third-order valence-corrected chi connectivity index (χ3v) is 5.50. The highest BCUT2D eigenvalue weighted by Crippen LogP contribution is 2.29. The molecule has 0 unspecified atom stereocenters.